The van der Waals surface area contributed by atoms with Crippen molar-refractivity contribution in [3.8, 4) is 0 Å². The lowest BCUT2D eigenvalue weighted by Crippen LogP contribution is -2.40. The molecule has 0 aromatic heterocycles. The summed E-state index contributed by atoms with van der Waals surface area (Å²) in [6.07, 6.45) is 55.1. The number of esters is 2. The average Bonchev–Trinajstić information content (AvgIpc) is 3.24. The Morgan fingerprint density at radius 2 is 0.905 bits per heavy atom. The first-order valence-electron chi connectivity index (χ1n) is 24.8. The molecular weight excluding hydrogens is 791 g/mol. The Kier molecular flexibility index (Phi) is 42.5. The number of rotatable bonds is 44. The van der Waals surface area contributed by atoms with Gasteiger partial charge in [0.1, 0.15) is 13.2 Å². The van der Waals surface area contributed by atoms with Crippen LogP contribution < -0.4 is 0 Å². The molecule has 0 radical (unpaired) electrons. The summed E-state index contributed by atoms with van der Waals surface area (Å²) in [4.78, 5) is 37.2. The van der Waals surface area contributed by atoms with E-state index in [-0.39, 0.29) is 38.6 Å². The Hall–Kier alpha value is -3.53. The number of carbonyl (C=O) groups excluding carboxylic acids is 2. The van der Waals surface area contributed by atoms with Crippen LogP contribution in [0.25, 0.3) is 0 Å². The van der Waals surface area contributed by atoms with Crippen molar-refractivity contribution in [2.45, 2.75) is 193 Å². The second-order valence-corrected chi connectivity index (χ2v) is 17.4. The van der Waals surface area contributed by atoms with Crippen molar-refractivity contribution >= 4 is 17.9 Å². The molecule has 0 spiro atoms. The zero-order valence-corrected chi connectivity index (χ0v) is 40.7. The van der Waals surface area contributed by atoms with Crippen LogP contribution in [0.15, 0.2) is 85.1 Å². The minimum absolute atomic E-state index is 0.173. The molecule has 2 atom stereocenters. The third-order valence-electron chi connectivity index (χ3n) is 10.2. The van der Waals surface area contributed by atoms with E-state index in [1.807, 2.05) is 21.1 Å². The lowest BCUT2D eigenvalue weighted by atomic mass is 10.0. The van der Waals surface area contributed by atoms with Crippen LogP contribution >= 0.6 is 0 Å². The number of carboxylic acid groups (broad SMARTS) is 1. The van der Waals surface area contributed by atoms with Crippen molar-refractivity contribution in [3.05, 3.63) is 85.1 Å². The fraction of sp³-hybridized carbons (Fsp3) is 0.685. The maximum atomic E-state index is 12.8. The molecule has 0 fully saturated rings. The molecule has 0 aliphatic heterocycles. The highest BCUT2D eigenvalue weighted by molar-refractivity contribution is 5.71. The maximum absolute atomic E-state index is 12.8. The van der Waals surface area contributed by atoms with Crippen LogP contribution in [0.3, 0.4) is 0 Å². The van der Waals surface area contributed by atoms with Crippen LogP contribution in [-0.2, 0) is 33.3 Å². The van der Waals surface area contributed by atoms with E-state index in [9.17, 15) is 19.5 Å². The van der Waals surface area contributed by atoms with Crippen LogP contribution in [0.1, 0.15) is 181 Å². The summed E-state index contributed by atoms with van der Waals surface area (Å²) in [6, 6.07) is 0. The van der Waals surface area contributed by atoms with Gasteiger partial charge in [-0.05, 0) is 64.2 Å². The van der Waals surface area contributed by atoms with Crippen molar-refractivity contribution in [1.82, 2.24) is 0 Å². The van der Waals surface area contributed by atoms with Crippen molar-refractivity contribution < 1.29 is 42.9 Å². The largest absolute Gasteiger partial charge is 0.477 e. The number of unbranched alkanes of at least 4 members (excludes halogenated alkanes) is 15. The van der Waals surface area contributed by atoms with Crippen LogP contribution in [0.5, 0.6) is 0 Å². The second-order valence-electron chi connectivity index (χ2n) is 17.4. The molecule has 2 unspecified atom stereocenters. The van der Waals surface area contributed by atoms with Gasteiger partial charge in [0.25, 0.3) is 6.29 Å². The normalized spacial score (nSPS) is 13.6. The van der Waals surface area contributed by atoms with E-state index in [1.54, 1.807) is 0 Å². The lowest BCUT2D eigenvalue weighted by molar-refractivity contribution is -0.870. The van der Waals surface area contributed by atoms with Crippen molar-refractivity contribution in [3.63, 3.8) is 0 Å². The number of carbonyl (C=O) groups is 3. The highest BCUT2D eigenvalue weighted by Crippen LogP contribution is 2.14. The van der Waals surface area contributed by atoms with Gasteiger partial charge in [-0.15, -0.1) is 0 Å². The summed E-state index contributed by atoms with van der Waals surface area (Å²) in [5, 5.41) is 9.65. The van der Waals surface area contributed by atoms with Gasteiger partial charge in [-0.3, -0.25) is 9.59 Å². The van der Waals surface area contributed by atoms with Gasteiger partial charge in [-0.25, -0.2) is 4.79 Å². The van der Waals surface area contributed by atoms with Gasteiger partial charge >= 0.3 is 17.9 Å². The van der Waals surface area contributed by atoms with E-state index in [4.69, 9.17) is 18.9 Å². The molecule has 0 aromatic rings. The van der Waals surface area contributed by atoms with E-state index in [2.05, 4.69) is 98.9 Å². The first-order chi connectivity index (χ1) is 30.6. The van der Waals surface area contributed by atoms with Gasteiger partial charge in [0.05, 0.1) is 34.4 Å². The Bertz CT molecular complexity index is 1300. The van der Waals surface area contributed by atoms with Gasteiger partial charge in [-0.1, -0.05) is 189 Å². The third kappa shape index (κ3) is 46.3. The van der Waals surface area contributed by atoms with Crippen molar-refractivity contribution in [2.75, 3.05) is 47.5 Å². The molecule has 0 saturated carbocycles. The number of nitrogens with zero attached hydrogens (tertiary/aromatic N) is 1. The zero-order chi connectivity index (χ0) is 46.3. The lowest BCUT2D eigenvalue weighted by Gasteiger charge is -2.25. The molecule has 0 aromatic carbocycles. The fourth-order valence-corrected chi connectivity index (χ4v) is 6.35. The van der Waals surface area contributed by atoms with Gasteiger partial charge in [0, 0.05) is 12.8 Å². The van der Waals surface area contributed by atoms with Crippen LogP contribution in [0.4, 0.5) is 0 Å². The monoisotopic (exact) mass is 883 g/mol. The van der Waals surface area contributed by atoms with Gasteiger partial charge < -0.3 is 28.5 Å². The molecule has 0 rings (SSSR count). The standard InChI is InChI=1S/C54H91NO8/c1-6-8-10-12-14-16-18-20-22-23-24-25-26-27-28-29-31-33-35-37-39-41-43-45-52(57)63-50(49-62-54(53(58)59)60-47-46-55(3,4)5)48-61-51(56)44-42-40-38-36-34-32-30-21-19-17-15-13-11-9-7-2/h8,10,14,16,20,22,24-25,27-28,31,33,37,39,50,54H,6-7,9,11-13,15,17-19,21,23,26,29-30,32,34-36,38,40-49H2,1-5H3/p+1/b10-8-,16-14-,22-20-,25-24-,28-27-,33-31-,39-37-. The summed E-state index contributed by atoms with van der Waals surface area (Å²) in [5.41, 5.74) is 0. The zero-order valence-electron chi connectivity index (χ0n) is 40.7. The Labute approximate surface area is 385 Å². The van der Waals surface area contributed by atoms with E-state index >= 15 is 0 Å². The number of allylic oxidation sites excluding steroid dienone is 14. The number of aliphatic carboxylic acids is 1. The number of likely N-dealkylation sites (N-methyl/N-ethyl adjacent to an activating group) is 1. The first kappa shape index (κ1) is 59.5. The van der Waals surface area contributed by atoms with Crippen LogP contribution in [0.2, 0.25) is 0 Å². The molecule has 0 saturated heterocycles. The predicted molar refractivity (Wildman–Crippen MR) is 262 cm³/mol. The van der Waals surface area contributed by atoms with Gasteiger partial charge in [0.15, 0.2) is 6.10 Å². The molecule has 9 heteroatoms. The quantitative estimate of drug-likeness (QED) is 0.0212. The smallest absolute Gasteiger partial charge is 0.361 e. The number of ether oxygens (including phenoxy) is 4. The molecule has 0 heterocycles. The molecule has 0 aliphatic carbocycles. The van der Waals surface area contributed by atoms with E-state index in [0.717, 1.165) is 64.2 Å². The third-order valence-corrected chi connectivity index (χ3v) is 10.2. The van der Waals surface area contributed by atoms with Crippen molar-refractivity contribution in [1.29, 1.82) is 0 Å². The molecule has 0 aliphatic rings. The molecule has 9 nitrogen and oxygen atoms in total. The molecular formula is C54H92NO8+. The van der Waals surface area contributed by atoms with Crippen LogP contribution in [0, 0.1) is 0 Å². The van der Waals surface area contributed by atoms with Gasteiger partial charge in [-0.2, -0.15) is 0 Å². The molecule has 1 N–H and O–H groups in total. The van der Waals surface area contributed by atoms with E-state index in [0.29, 0.717) is 23.9 Å². The minimum Gasteiger partial charge on any atom is -0.477 e. The summed E-state index contributed by atoms with van der Waals surface area (Å²) in [7, 11) is 5.93. The fourth-order valence-electron chi connectivity index (χ4n) is 6.35. The van der Waals surface area contributed by atoms with Crippen molar-refractivity contribution in [2.24, 2.45) is 0 Å². The van der Waals surface area contributed by atoms with Crippen LogP contribution in [-0.4, -0.2) is 87.4 Å². The number of hydrogen-bond acceptors (Lipinski definition) is 7. The predicted octanol–water partition coefficient (Wildman–Crippen LogP) is 13.7. The molecule has 63 heavy (non-hydrogen) atoms. The number of quaternary nitrogens is 1. The second kappa shape index (κ2) is 45.1. The average molecular weight is 883 g/mol. The Balaban J connectivity index is 4.50. The van der Waals surface area contributed by atoms with E-state index < -0.39 is 24.3 Å². The van der Waals surface area contributed by atoms with E-state index in [1.165, 1.54) is 77.0 Å². The topological polar surface area (TPSA) is 108 Å². The minimum atomic E-state index is -1.53. The summed E-state index contributed by atoms with van der Waals surface area (Å²) in [5.74, 6) is -2.09. The Morgan fingerprint density at radius 3 is 1.33 bits per heavy atom. The summed E-state index contributed by atoms with van der Waals surface area (Å²) < 4.78 is 22.7. The number of hydrogen-bond donors (Lipinski definition) is 1. The maximum Gasteiger partial charge on any atom is 0.361 e. The van der Waals surface area contributed by atoms with Gasteiger partial charge in [0.2, 0.25) is 0 Å². The molecule has 0 bridgehead atoms. The highest BCUT2D eigenvalue weighted by atomic mass is 16.7. The SMILES string of the molecule is CC/C=C\C/C=C\C/C=C\C/C=C\C/C=C\C/C=C\C/C=C\CCCC(=O)OC(COC(=O)CCCCCCCCCCCCCCCCC)COC(OCC[N+](C)(C)C)C(=O)O. The number of carboxylic acids is 1. The Morgan fingerprint density at radius 1 is 0.492 bits per heavy atom. The first-order valence-corrected chi connectivity index (χ1v) is 24.8. The molecule has 360 valence electrons. The summed E-state index contributed by atoms with van der Waals surface area (Å²) >= 11 is 0. The highest BCUT2D eigenvalue weighted by Gasteiger charge is 2.25. The summed E-state index contributed by atoms with van der Waals surface area (Å²) in [6.45, 7) is 4.68. The molecule has 0 amide bonds.